The molecule has 0 fully saturated rings. The van der Waals surface area contributed by atoms with Crippen molar-refractivity contribution in [1.82, 2.24) is 5.32 Å². The Balaban J connectivity index is 3.96. The van der Waals surface area contributed by atoms with Gasteiger partial charge in [0.2, 0.25) is 0 Å². The standard InChI is InChI=1S/C22H42INO2/c1-4-6-8-10-11-13-16-21(15-12-9-7-5-2)19-26-22(25)17-14-18-24-20(3)23/h21,24H,3-19H2,1-2H3. The maximum Gasteiger partial charge on any atom is 0.305 e. The molecular formula is C22H42INO2. The first-order valence-electron chi connectivity index (χ1n) is 10.8. The first-order chi connectivity index (χ1) is 12.6. The van der Waals surface area contributed by atoms with Crippen molar-refractivity contribution in [2.24, 2.45) is 5.92 Å². The summed E-state index contributed by atoms with van der Waals surface area (Å²) in [5.74, 6) is 0.501. The SMILES string of the molecule is C=C(I)NCCCC(=O)OCC(CCCCCC)CCCCCCCC. The lowest BCUT2D eigenvalue weighted by atomic mass is 9.95. The van der Waals surface area contributed by atoms with Crippen molar-refractivity contribution < 1.29 is 9.53 Å². The maximum atomic E-state index is 11.9. The lowest BCUT2D eigenvalue weighted by Gasteiger charge is -2.17. The Morgan fingerprint density at radius 2 is 1.46 bits per heavy atom. The molecule has 0 aromatic carbocycles. The van der Waals surface area contributed by atoms with Crippen LogP contribution in [0.15, 0.2) is 10.3 Å². The van der Waals surface area contributed by atoms with Gasteiger partial charge < -0.3 is 10.1 Å². The summed E-state index contributed by atoms with van der Waals surface area (Å²) in [4.78, 5) is 11.9. The molecule has 0 saturated carbocycles. The molecule has 0 aliphatic carbocycles. The molecule has 154 valence electrons. The molecule has 3 nitrogen and oxygen atoms in total. The van der Waals surface area contributed by atoms with Crippen molar-refractivity contribution in [2.75, 3.05) is 13.2 Å². The molecule has 1 N–H and O–H groups in total. The molecular weight excluding hydrogens is 437 g/mol. The Labute approximate surface area is 176 Å². The summed E-state index contributed by atoms with van der Waals surface area (Å²) < 4.78 is 6.49. The normalized spacial score (nSPS) is 12.0. The van der Waals surface area contributed by atoms with Crippen LogP contribution in [0.2, 0.25) is 0 Å². The van der Waals surface area contributed by atoms with Crippen LogP contribution in [0.5, 0.6) is 0 Å². The van der Waals surface area contributed by atoms with Gasteiger partial charge in [-0.1, -0.05) is 84.6 Å². The monoisotopic (exact) mass is 479 g/mol. The molecule has 0 saturated heterocycles. The summed E-state index contributed by atoms with van der Waals surface area (Å²) in [5, 5.41) is 3.14. The number of halogens is 1. The van der Waals surface area contributed by atoms with Crippen LogP contribution in [-0.2, 0) is 9.53 Å². The fourth-order valence-electron chi connectivity index (χ4n) is 3.12. The van der Waals surface area contributed by atoms with Crippen LogP contribution >= 0.6 is 22.6 Å². The first-order valence-corrected chi connectivity index (χ1v) is 11.9. The minimum Gasteiger partial charge on any atom is -0.465 e. The topological polar surface area (TPSA) is 38.3 Å². The van der Waals surface area contributed by atoms with Crippen LogP contribution in [0.3, 0.4) is 0 Å². The Morgan fingerprint density at radius 3 is 2.04 bits per heavy atom. The van der Waals surface area contributed by atoms with Gasteiger partial charge in [0.15, 0.2) is 0 Å². The predicted octanol–water partition coefficient (Wildman–Crippen LogP) is 7.14. The zero-order chi connectivity index (χ0) is 19.5. The van der Waals surface area contributed by atoms with Crippen LogP contribution in [-0.4, -0.2) is 19.1 Å². The minimum atomic E-state index is -0.0487. The molecule has 1 unspecified atom stereocenters. The van der Waals surface area contributed by atoms with Crippen molar-refractivity contribution in [3.63, 3.8) is 0 Å². The predicted molar refractivity (Wildman–Crippen MR) is 122 cm³/mol. The van der Waals surface area contributed by atoms with Crippen molar-refractivity contribution >= 4 is 28.6 Å². The summed E-state index contributed by atoms with van der Waals surface area (Å²) in [7, 11) is 0. The average Bonchev–Trinajstić information content (AvgIpc) is 2.62. The highest BCUT2D eigenvalue weighted by molar-refractivity contribution is 14.1. The van der Waals surface area contributed by atoms with E-state index < -0.39 is 0 Å². The third-order valence-corrected chi connectivity index (χ3v) is 5.17. The number of unbranched alkanes of at least 4 members (excludes halogenated alkanes) is 8. The lowest BCUT2D eigenvalue weighted by Crippen LogP contribution is -2.16. The average molecular weight is 479 g/mol. The molecule has 0 spiro atoms. The number of hydrogen-bond donors (Lipinski definition) is 1. The zero-order valence-electron chi connectivity index (χ0n) is 17.3. The number of rotatable bonds is 19. The summed E-state index contributed by atoms with van der Waals surface area (Å²) in [6.45, 7) is 9.70. The Morgan fingerprint density at radius 1 is 0.923 bits per heavy atom. The zero-order valence-corrected chi connectivity index (χ0v) is 19.5. The molecule has 0 rings (SSSR count). The molecule has 0 radical (unpaired) electrons. The Kier molecular flexibility index (Phi) is 19.3. The van der Waals surface area contributed by atoms with Crippen LogP contribution in [0.25, 0.3) is 0 Å². The summed E-state index contributed by atoms with van der Waals surface area (Å²) in [6, 6.07) is 0. The smallest absolute Gasteiger partial charge is 0.305 e. The molecule has 0 aliphatic rings. The van der Waals surface area contributed by atoms with Gasteiger partial charge in [-0.15, -0.1) is 0 Å². The summed E-state index contributed by atoms with van der Waals surface area (Å²) in [6.07, 6.45) is 16.9. The number of esters is 1. The van der Waals surface area contributed by atoms with E-state index in [1.165, 1.54) is 77.0 Å². The van der Waals surface area contributed by atoms with Gasteiger partial charge in [-0.2, -0.15) is 0 Å². The van der Waals surface area contributed by atoms with E-state index in [1.807, 2.05) is 0 Å². The Hall–Kier alpha value is -0.260. The van der Waals surface area contributed by atoms with Gasteiger partial charge in [-0.05, 0) is 47.8 Å². The molecule has 26 heavy (non-hydrogen) atoms. The largest absolute Gasteiger partial charge is 0.465 e. The second kappa shape index (κ2) is 19.5. The maximum absolute atomic E-state index is 11.9. The molecule has 0 aliphatic heterocycles. The van der Waals surface area contributed by atoms with Gasteiger partial charge in [0, 0.05) is 13.0 Å². The summed E-state index contributed by atoms with van der Waals surface area (Å²) in [5.41, 5.74) is 0. The van der Waals surface area contributed by atoms with Gasteiger partial charge in [0.05, 0.1) is 10.3 Å². The van der Waals surface area contributed by atoms with Gasteiger partial charge in [-0.25, -0.2) is 0 Å². The second-order valence-corrected chi connectivity index (χ2v) is 8.69. The first kappa shape index (κ1) is 25.7. The molecule has 0 bridgehead atoms. The number of nitrogens with one attached hydrogen (secondary N) is 1. The number of carbonyl (C=O) groups excluding carboxylic acids is 1. The van der Waals surface area contributed by atoms with Crippen LogP contribution < -0.4 is 5.32 Å². The van der Waals surface area contributed by atoms with Gasteiger partial charge >= 0.3 is 5.97 Å². The van der Waals surface area contributed by atoms with Crippen LogP contribution in [0.4, 0.5) is 0 Å². The highest BCUT2D eigenvalue weighted by Gasteiger charge is 2.12. The number of carbonyl (C=O) groups is 1. The molecule has 0 aromatic heterocycles. The number of hydrogen-bond acceptors (Lipinski definition) is 3. The second-order valence-electron chi connectivity index (χ2n) is 7.39. The Bertz CT molecular complexity index is 347. The van der Waals surface area contributed by atoms with Crippen LogP contribution in [0, 0.1) is 5.92 Å². The molecule has 0 aromatic rings. The fraction of sp³-hybridized carbons (Fsp3) is 0.864. The van der Waals surface area contributed by atoms with Gasteiger partial charge in [0.1, 0.15) is 0 Å². The highest BCUT2D eigenvalue weighted by atomic mass is 127. The van der Waals surface area contributed by atoms with Crippen molar-refractivity contribution in [2.45, 2.75) is 104 Å². The number of ether oxygens (including phenoxy) is 1. The lowest BCUT2D eigenvalue weighted by molar-refractivity contribution is -0.145. The van der Waals surface area contributed by atoms with E-state index in [1.54, 1.807) is 0 Å². The van der Waals surface area contributed by atoms with E-state index >= 15 is 0 Å². The molecule has 4 heteroatoms. The molecule has 0 heterocycles. The third kappa shape index (κ3) is 18.5. The van der Waals surface area contributed by atoms with Crippen LogP contribution in [0.1, 0.15) is 104 Å². The quantitative estimate of drug-likeness (QED) is 0.0926. The van der Waals surface area contributed by atoms with Crippen molar-refractivity contribution in [3.8, 4) is 0 Å². The van der Waals surface area contributed by atoms with E-state index in [9.17, 15) is 4.79 Å². The van der Waals surface area contributed by atoms with E-state index in [0.717, 1.165) is 16.7 Å². The fourth-order valence-corrected chi connectivity index (χ4v) is 3.39. The highest BCUT2D eigenvalue weighted by Crippen LogP contribution is 2.19. The third-order valence-electron chi connectivity index (χ3n) is 4.79. The molecule has 0 amide bonds. The van der Waals surface area contributed by atoms with Gasteiger partial charge in [0.25, 0.3) is 0 Å². The molecule has 1 atom stereocenters. The van der Waals surface area contributed by atoms with E-state index in [2.05, 4.69) is 48.3 Å². The van der Waals surface area contributed by atoms with Crippen molar-refractivity contribution in [3.05, 3.63) is 10.3 Å². The van der Waals surface area contributed by atoms with E-state index in [0.29, 0.717) is 18.9 Å². The van der Waals surface area contributed by atoms with E-state index in [4.69, 9.17) is 4.74 Å². The summed E-state index contributed by atoms with van der Waals surface area (Å²) >= 11 is 2.14. The van der Waals surface area contributed by atoms with Gasteiger partial charge in [-0.3, -0.25) is 4.79 Å². The minimum absolute atomic E-state index is 0.0487. The van der Waals surface area contributed by atoms with Crippen molar-refractivity contribution in [1.29, 1.82) is 0 Å². The van der Waals surface area contributed by atoms with E-state index in [-0.39, 0.29) is 5.97 Å².